The normalized spacial score (nSPS) is 10.7. The number of nitrogens with one attached hydrogen (secondary N) is 2. The van der Waals surface area contributed by atoms with Gasteiger partial charge in [-0.25, -0.2) is 0 Å². The minimum absolute atomic E-state index is 0.00468. The Kier molecular flexibility index (Phi) is 7.61. The fraction of sp³-hybridized carbons (Fsp3) is 0.208. The average Bonchev–Trinajstić information content (AvgIpc) is 2.73. The molecule has 0 fully saturated rings. The van der Waals surface area contributed by atoms with Gasteiger partial charge in [-0.2, -0.15) is 0 Å². The number of carbonyl (C=O) groups excluding carboxylic acids is 1. The molecule has 0 saturated carbocycles. The molecule has 0 aliphatic rings. The Balaban J connectivity index is 1.64. The van der Waals surface area contributed by atoms with Crippen molar-refractivity contribution in [3.8, 4) is 5.75 Å². The summed E-state index contributed by atoms with van der Waals surface area (Å²) >= 11 is 12.4. The predicted octanol–water partition coefficient (Wildman–Crippen LogP) is 6.78. The van der Waals surface area contributed by atoms with E-state index in [-0.39, 0.29) is 11.8 Å². The summed E-state index contributed by atoms with van der Waals surface area (Å²) in [7, 11) is 0. The van der Waals surface area contributed by atoms with Crippen LogP contribution in [0.15, 0.2) is 66.7 Å². The first-order valence-electron chi connectivity index (χ1n) is 9.72. The second-order valence-electron chi connectivity index (χ2n) is 7.21. The van der Waals surface area contributed by atoms with Crippen molar-refractivity contribution in [2.75, 3.05) is 10.6 Å². The van der Waals surface area contributed by atoms with E-state index in [9.17, 15) is 4.79 Å². The number of hydrogen-bond acceptors (Lipinski definition) is 3. The largest absolute Gasteiger partial charge is 0.488 e. The van der Waals surface area contributed by atoms with E-state index < -0.39 is 0 Å². The highest BCUT2D eigenvalue weighted by atomic mass is 35.5. The number of ether oxygens (including phenoxy) is 1. The van der Waals surface area contributed by atoms with Gasteiger partial charge in [-0.15, -0.1) is 0 Å². The summed E-state index contributed by atoms with van der Waals surface area (Å²) in [5.41, 5.74) is 3.55. The molecule has 0 unspecified atom stereocenters. The van der Waals surface area contributed by atoms with Crippen molar-refractivity contribution < 1.29 is 9.53 Å². The second kappa shape index (κ2) is 10.4. The lowest BCUT2D eigenvalue weighted by Gasteiger charge is -2.14. The topological polar surface area (TPSA) is 50.4 Å². The van der Waals surface area contributed by atoms with Gasteiger partial charge in [-0.1, -0.05) is 55.2 Å². The van der Waals surface area contributed by atoms with Gasteiger partial charge in [-0.3, -0.25) is 4.79 Å². The minimum atomic E-state index is -0.0604. The van der Waals surface area contributed by atoms with Crippen LogP contribution in [-0.4, -0.2) is 5.91 Å². The summed E-state index contributed by atoms with van der Waals surface area (Å²) < 4.78 is 6.00. The molecular weight excluding hydrogens is 419 g/mol. The van der Waals surface area contributed by atoms with Crippen LogP contribution in [0.4, 0.5) is 11.4 Å². The fourth-order valence-corrected chi connectivity index (χ4v) is 3.14. The van der Waals surface area contributed by atoms with Crippen LogP contribution in [0.1, 0.15) is 25.0 Å². The van der Waals surface area contributed by atoms with Gasteiger partial charge in [0.05, 0.1) is 0 Å². The third kappa shape index (κ3) is 6.15. The zero-order valence-corrected chi connectivity index (χ0v) is 18.4. The lowest BCUT2D eigenvalue weighted by molar-refractivity contribution is -0.118. The molecule has 2 N–H and O–H groups in total. The lowest BCUT2D eigenvalue weighted by Crippen LogP contribution is -2.17. The van der Waals surface area contributed by atoms with Gasteiger partial charge in [0.15, 0.2) is 0 Å². The number of hydrogen-bond donors (Lipinski definition) is 2. The zero-order chi connectivity index (χ0) is 21.5. The highest BCUT2D eigenvalue weighted by molar-refractivity contribution is 6.31. The van der Waals surface area contributed by atoms with Crippen LogP contribution in [0.2, 0.25) is 10.0 Å². The van der Waals surface area contributed by atoms with Gasteiger partial charge >= 0.3 is 0 Å². The molecule has 156 valence electrons. The maximum Gasteiger partial charge on any atom is 0.226 e. The van der Waals surface area contributed by atoms with Crippen LogP contribution in [0, 0.1) is 5.92 Å². The molecule has 4 nitrogen and oxygen atoms in total. The van der Waals surface area contributed by atoms with Crippen molar-refractivity contribution >= 4 is 40.5 Å². The molecule has 6 heteroatoms. The molecule has 0 atom stereocenters. The van der Waals surface area contributed by atoms with Crippen molar-refractivity contribution in [1.82, 2.24) is 0 Å². The molecular formula is C24H24Cl2N2O2. The first kappa shape index (κ1) is 22.0. The van der Waals surface area contributed by atoms with Crippen molar-refractivity contribution in [3.05, 3.63) is 87.9 Å². The predicted molar refractivity (Wildman–Crippen MR) is 124 cm³/mol. The van der Waals surface area contributed by atoms with E-state index in [0.29, 0.717) is 23.2 Å². The number of anilines is 2. The molecule has 0 saturated heterocycles. The number of carbonyl (C=O) groups is 1. The van der Waals surface area contributed by atoms with E-state index in [0.717, 1.165) is 28.3 Å². The van der Waals surface area contributed by atoms with E-state index in [4.69, 9.17) is 27.9 Å². The van der Waals surface area contributed by atoms with Crippen molar-refractivity contribution in [3.63, 3.8) is 0 Å². The Morgan fingerprint density at radius 1 is 0.933 bits per heavy atom. The zero-order valence-electron chi connectivity index (χ0n) is 16.9. The molecule has 1 amide bonds. The Hall–Kier alpha value is -2.69. The van der Waals surface area contributed by atoms with E-state index in [1.54, 1.807) is 6.07 Å². The Bertz CT molecular complexity index is 1000. The van der Waals surface area contributed by atoms with Gasteiger partial charge in [-0.05, 0) is 48.5 Å². The third-order valence-electron chi connectivity index (χ3n) is 4.52. The number of amides is 1. The van der Waals surface area contributed by atoms with Gasteiger partial charge in [0, 0.05) is 45.0 Å². The van der Waals surface area contributed by atoms with Gasteiger partial charge in [0.1, 0.15) is 12.4 Å². The van der Waals surface area contributed by atoms with Crippen LogP contribution in [0.5, 0.6) is 5.75 Å². The molecule has 3 aromatic rings. The SMILES string of the molecule is CC(C)C(=O)Nc1ccc(NCc2cc(Cl)ccc2OCc2ccccc2Cl)cc1. The lowest BCUT2D eigenvalue weighted by atomic mass is 10.1. The summed E-state index contributed by atoms with van der Waals surface area (Å²) in [4.78, 5) is 11.8. The fourth-order valence-electron chi connectivity index (χ4n) is 2.75. The molecule has 0 aliphatic carbocycles. The average molecular weight is 443 g/mol. The van der Waals surface area contributed by atoms with Gasteiger partial charge in [0.25, 0.3) is 0 Å². The molecule has 3 rings (SSSR count). The van der Waals surface area contributed by atoms with Gasteiger partial charge < -0.3 is 15.4 Å². The first-order chi connectivity index (χ1) is 14.4. The Labute approximate surface area is 187 Å². The van der Waals surface area contributed by atoms with E-state index in [2.05, 4.69) is 10.6 Å². The maximum atomic E-state index is 11.8. The minimum Gasteiger partial charge on any atom is -0.488 e. The number of rotatable bonds is 8. The van der Waals surface area contributed by atoms with E-state index >= 15 is 0 Å². The monoisotopic (exact) mass is 442 g/mol. The highest BCUT2D eigenvalue weighted by Gasteiger charge is 2.09. The van der Waals surface area contributed by atoms with Crippen LogP contribution < -0.4 is 15.4 Å². The molecule has 0 spiro atoms. The summed E-state index contributed by atoms with van der Waals surface area (Å²) in [6, 6.07) is 20.7. The quantitative estimate of drug-likeness (QED) is 0.404. The molecule has 0 bridgehead atoms. The molecule has 0 aliphatic heterocycles. The molecule has 0 aromatic heterocycles. The van der Waals surface area contributed by atoms with Crippen LogP contribution in [-0.2, 0) is 17.9 Å². The van der Waals surface area contributed by atoms with E-state index in [1.807, 2.05) is 74.5 Å². The molecule has 30 heavy (non-hydrogen) atoms. The van der Waals surface area contributed by atoms with E-state index in [1.165, 1.54) is 0 Å². The van der Waals surface area contributed by atoms with Crippen molar-refractivity contribution in [2.45, 2.75) is 27.0 Å². The second-order valence-corrected chi connectivity index (χ2v) is 8.05. The third-order valence-corrected chi connectivity index (χ3v) is 5.13. The summed E-state index contributed by atoms with van der Waals surface area (Å²) in [6.45, 7) is 4.64. The molecule has 0 radical (unpaired) electrons. The Morgan fingerprint density at radius 2 is 1.63 bits per heavy atom. The number of benzene rings is 3. The molecule has 0 heterocycles. The van der Waals surface area contributed by atoms with Crippen molar-refractivity contribution in [2.24, 2.45) is 5.92 Å². The summed E-state index contributed by atoms with van der Waals surface area (Å²) in [5, 5.41) is 7.56. The first-order valence-corrected chi connectivity index (χ1v) is 10.5. The van der Waals surface area contributed by atoms with Crippen molar-refractivity contribution in [1.29, 1.82) is 0 Å². The van der Waals surface area contributed by atoms with Crippen LogP contribution in [0.3, 0.4) is 0 Å². The number of halogens is 2. The standard InChI is InChI=1S/C24H24Cl2N2O2/c1-16(2)24(29)28-21-10-8-20(9-11-21)27-14-18-13-19(25)7-12-23(18)30-15-17-5-3-4-6-22(17)26/h3-13,16,27H,14-15H2,1-2H3,(H,28,29). The Morgan fingerprint density at radius 3 is 2.33 bits per heavy atom. The summed E-state index contributed by atoms with van der Waals surface area (Å²) in [6.07, 6.45) is 0. The van der Waals surface area contributed by atoms with Gasteiger partial charge in [0.2, 0.25) is 5.91 Å². The summed E-state index contributed by atoms with van der Waals surface area (Å²) in [5.74, 6) is 0.678. The van der Waals surface area contributed by atoms with Crippen LogP contribution in [0.25, 0.3) is 0 Å². The van der Waals surface area contributed by atoms with Crippen LogP contribution >= 0.6 is 23.2 Å². The maximum absolute atomic E-state index is 11.8. The smallest absolute Gasteiger partial charge is 0.226 e. The highest BCUT2D eigenvalue weighted by Crippen LogP contribution is 2.26. The molecule has 3 aromatic carbocycles.